The van der Waals surface area contributed by atoms with Crippen LogP contribution in [0.1, 0.15) is 5.56 Å². The highest BCUT2D eigenvalue weighted by molar-refractivity contribution is 8.18. The highest BCUT2D eigenvalue weighted by Gasteiger charge is 2.30. The number of aliphatic carboxylic acids is 1. The highest BCUT2D eigenvalue weighted by Crippen LogP contribution is 2.34. The van der Waals surface area contributed by atoms with Gasteiger partial charge in [0.1, 0.15) is 17.3 Å². The Kier molecular flexibility index (Phi) is 5.74. The van der Waals surface area contributed by atoms with E-state index in [2.05, 4.69) is 4.99 Å². The van der Waals surface area contributed by atoms with E-state index in [1.165, 1.54) is 18.0 Å². The molecule has 1 heterocycles. The Hall–Kier alpha value is -3.20. The van der Waals surface area contributed by atoms with Gasteiger partial charge in [-0.15, -0.1) is 0 Å². The van der Waals surface area contributed by atoms with Crippen molar-refractivity contribution in [1.82, 2.24) is 4.90 Å². The second kappa shape index (κ2) is 8.22. The topological polar surface area (TPSA) is 79.2 Å². The van der Waals surface area contributed by atoms with Gasteiger partial charge in [-0.05, 0) is 47.7 Å². The highest BCUT2D eigenvalue weighted by atomic mass is 32.2. The molecule has 9 heteroatoms. The average Bonchev–Trinajstić information content (AvgIpc) is 2.90. The number of halogens is 2. The molecule has 6 nitrogen and oxygen atoms in total. The van der Waals surface area contributed by atoms with Crippen LogP contribution in [0, 0.1) is 11.6 Å². The van der Waals surface area contributed by atoms with Gasteiger partial charge in [0.2, 0.25) is 0 Å². The molecule has 0 atom stereocenters. The first kappa shape index (κ1) is 19.6. The largest absolute Gasteiger partial charge is 0.482 e. The van der Waals surface area contributed by atoms with Crippen molar-refractivity contribution in [3.05, 3.63) is 64.6 Å². The third kappa shape index (κ3) is 4.55. The third-order valence-electron chi connectivity index (χ3n) is 3.65. The van der Waals surface area contributed by atoms with Gasteiger partial charge in [-0.1, -0.05) is 12.1 Å². The van der Waals surface area contributed by atoms with Crippen LogP contribution in [-0.2, 0) is 9.59 Å². The number of aliphatic imine (C=N–C) groups is 1. The third-order valence-corrected chi connectivity index (χ3v) is 4.71. The fourth-order valence-corrected chi connectivity index (χ4v) is 3.30. The lowest BCUT2D eigenvalue weighted by Crippen LogP contribution is -2.23. The van der Waals surface area contributed by atoms with E-state index in [1.807, 2.05) is 0 Å². The monoisotopic (exact) mass is 404 g/mol. The van der Waals surface area contributed by atoms with Crippen molar-refractivity contribution in [1.29, 1.82) is 0 Å². The van der Waals surface area contributed by atoms with Crippen LogP contribution >= 0.6 is 11.8 Å². The summed E-state index contributed by atoms with van der Waals surface area (Å²) in [5.74, 6) is -2.61. The molecule has 28 heavy (non-hydrogen) atoms. The molecule has 2 aromatic rings. The Morgan fingerprint density at radius 1 is 1.29 bits per heavy atom. The molecule has 3 rings (SSSR count). The summed E-state index contributed by atoms with van der Waals surface area (Å²) in [5, 5.41) is 8.92. The number of carbonyl (C=O) groups is 2. The minimum absolute atomic E-state index is 0.0751. The first-order valence-corrected chi connectivity index (χ1v) is 8.81. The molecular formula is C19H14F2N2O4S. The molecular weight excluding hydrogens is 390 g/mol. The molecule has 2 aromatic carbocycles. The van der Waals surface area contributed by atoms with E-state index in [-0.39, 0.29) is 16.8 Å². The summed E-state index contributed by atoms with van der Waals surface area (Å²) >= 11 is 1.05. The number of carboxylic acid groups (broad SMARTS) is 1. The molecule has 0 unspecified atom stereocenters. The van der Waals surface area contributed by atoms with Gasteiger partial charge >= 0.3 is 5.97 Å². The van der Waals surface area contributed by atoms with E-state index in [1.54, 1.807) is 30.3 Å². The zero-order valence-electron chi connectivity index (χ0n) is 14.6. The molecule has 1 aliphatic rings. The van der Waals surface area contributed by atoms with E-state index >= 15 is 0 Å². The number of hydrogen-bond donors (Lipinski definition) is 1. The number of rotatable bonds is 5. The maximum atomic E-state index is 13.8. The van der Waals surface area contributed by atoms with Gasteiger partial charge in [0.05, 0.1) is 4.91 Å². The zero-order valence-corrected chi connectivity index (χ0v) is 15.4. The van der Waals surface area contributed by atoms with Crippen molar-refractivity contribution in [2.24, 2.45) is 4.99 Å². The summed E-state index contributed by atoms with van der Waals surface area (Å²) in [7, 11) is 1.50. The van der Waals surface area contributed by atoms with Crippen LogP contribution in [0.2, 0.25) is 0 Å². The first-order chi connectivity index (χ1) is 13.3. The van der Waals surface area contributed by atoms with Gasteiger partial charge < -0.3 is 9.84 Å². The van der Waals surface area contributed by atoms with Gasteiger partial charge in [0, 0.05) is 13.1 Å². The number of benzene rings is 2. The van der Waals surface area contributed by atoms with Gasteiger partial charge in [0.25, 0.3) is 5.91 Å². The Morgan fingerprint density at radius 3 is 2.79 bits per heavy atom. The minimum atomic E-state index is -1.10. The quantitative estimate of drug-likeness (QED) is 0.770. The predicted octanol–water partition coefficient (Wildman–Crippen LogP) is 3.66. The van der Waals surface area contributed by atoms with Crippen molar-refractivity contribution in [3.8, 4) is 5.75 Å². The molecule has 0 saturated carbocycles. The summed E-state index contributed by atoms with van der Waals surface area (Å²) in [6.45, 7) is -0.476. The van der Waals surface area contributed by atoms with Crippen LogP contribution < -0.4 is 4.74 Å². The second-order valence-corrected chi connectivity index (χ2v) is 6.73. The summed E-state index contributed by atoms with van der Waals surface area (Å²) in [6.07, 6.45) is 1.60. The molecule has 1 saturated heterocycles. The first-order valence-electron chi connectivity index (χ1n) is 7.99. The van der Waals surface area contributed by atoms with Crippen molar-refractivity contribution < 1.29 is 28.2 Å². The molecule has 1 fully saturated rings. The number of amidine groups is 1. The van der Waals surface area contributed by atoms with Crippen LogP contribution in [0.4, 0.5) is 14.5 Å². The Morgan fingerprint density at radius 2 is 2.07 bits per heavy atom. The lowest BCUT2D eigenvalue weighted by atomic mass is 10.2. The van der Waals surface area contributed by atoms with E-state index in [0.29, 0.717) is 16.2 Å². The molecule has 0 spiro atoms. The SMILES string of the molecule is CN1C(=O)/C(=C\c2cccc(OCC(=O)O)c2)SC1=Nc1ccc(F)cc1F. The normalized spacial score (nSPS) is 16.8. The molecule has 0 aliphatic carbocycles. The lowest BCUT2D eigenvalue weighted by molar-refractivity contribution is -0.139. The van der Waals surface area contributed by atoms with E-state index in [0.717, 1.165) is 23.9 Å². The smallest absolute Gasteiger partial charge is 0.341 e. The lowest BCUT2D eigenvalue weighted by Gasteiger charge is -2.07. The fraction of sp³-hybridized carbons (Fsp3) is 0.105. The summed E-state index contributed by atoms with van der Waals surface area (Å²) in [4.78, 5) is 28.8. The van der Waals surface area contributed by atoms with Crippen molar-refractivity contribution >= 4 is 40.6 Å². The number of amides is 1. The summed E-state index contributed by atoms with van der Waals surface area (Å²) in [5.41, 5.74) is 0.551. The zero-order chi connectivity index (χ0) is 20.3. The molecule has 0 radical (unpaired) electrons. The summed E-state index contributed by atoms with van der Waals surface area (Å²) < 4.78 is 32.0. The van der Waals surface area contributed by atoms with Crippen LogP contribution in [0.15, 0.2) is 52.4 Å². The number of carbonyl (C=O) groups excluding carboxylic acids is 1. The van der Waals surface area contributed by atoms with Crippen molar-refractivity contribution in [2.75, 3.05) is 13.7 Å². The van der Waals surface area contributed by atoms with Crippen molar-refractivity contribution in [3.63, 3.8) is 0 Å². The Bertz CT molecular complexity index is 1010. The maximum Gasteiger partial charge on any atom is 0.341 e. The number of carboxylic acids is 1. The number of nitrogens with zero attached hydrogens (tertiary/aromatic N) is 2. The van der Waals surface area contributed by atoms with Crippen LogP contribution in [0.3, 0.4) is 0 Å². The molecule has 0 aromatic heterocycles. The number of hydrogen-bond acceptors (Lipinski definition) is 5. The minimum Gasteiger partial charge on any atom is -0.482 e. The molecule has 144 valence electrons. The van der Waals surface area contributed by atoms with Crippen LogP contribution in [0.25, 0.3) is 6.08 Å². The van der Waals surface area contributed by atoms with Crippen LogP contribution in [0.5, 0.6) is 5.75 Å². The molecule has 1 aliphatic heterocycles. The van der Waals surface area contributed by atoms with E-state index in [9.17, 15) is 18.4 Å². The molecule has 1 N–H and O–H groups in total. The van der Waals surface area contributed by atoms with E-state index in [4.69, 9.17) is 9.84 Å². The second-order valence-electron chi connectivity index (χ2n) is 5.72. The van der Waals surface area contributed by atoms with Gasteiger partial charge in [-0.2, -0.15) is 0 Å². The molecule has 1 amide bonds. The maximum absolute atomic E-state index is 13.8. The van der Waals surface area contributed by atoms with Gasteiger partial charge in [-0.25, -0.2) is 18.6 Å². The van der Waals surface area contributed by atoms with Gasteiger partial charge in [0.15, 0.2) is 17.6 Å². The number of thioether (sulfide) groups is 1. The fourth-order valence-electron chi connectivity index (χ4n) is 2.32. The van der Waals surface area contributed by atoms with E-state index < -0.39 is 24.2 Å². The molecule has 0 bridgehead atoms. The van der Waals surface area contributed by atoms with Crippen molar-refractivity contribution in [2.45, 2.75) is 0 Å². The Labute approximate surface area is 163 Å². The average molecular weight is 404 g/mol. The summed E-state index contributed by atoms with van der Waals surface area (Å²) in [6, 6.07) is 9.60. The number of likely N-dealkylation sites (N-methyl/N-ethyl adjacent to an activating group) is 1. The standard InChI is InChI=1S/C19H14F2N2O4S/c1-23-18(26)16(8-11-3-2-4-13(7-11)27-10-17(24)25)28-19(23)22-15-6-5-12(20)9-14(15)21/h2-9H,10H2,1H3,(H,24,25)/b16-8+,22-19?. The predicted molar refractivity (Wildman–Crippen MR) is 101 cm³/mol. The number of ether oxygens (including phenoxy) is 1. The Balaban J connectivity index is 1.84. The van der Waals surface area contributed by atoms with Gasteiger partial charge in [-0.3, -0.25) is 9.69 Å². The van der Waals surface area contributed by atoms with Crippen LogP contribution in [-0.4, -0.2) is 40.7 Å².